The Morgan fingerprint density at radius 1 is 1.56 bits per heavy atom. The number of hydrogen-bond donors (Lipinski definition) is 1. The summed E-state index contributed by atoms with van der Waals surface area (Å²) in [6, 6.07) is 5.00. The normalized spacial score (nSPS) is 9.83. The first kappa shape index (κ1) is 12.1. The quantitative estimate of drug-likeness (QED) is 0.879. The fraction of sp³-hybridized carbons (Fsp3) is 0.0909. The molecule has 2 aromatic heterocycles. The number of pyridine rings is 1. The monoisotopic (exact) mass is 261 g/mol. The van der Waals surface area contributed by atoms with Crippen LogP contribution in [0.2, 0.25) is 5.02 Å². The van der Waals surface area contributed by atoms with Crippen LogP contribution in [0.1, 0.15) is 16.1 Å². The Kier molecular flexibility index (Phi) is 3.26. The highest BCUT2D eigenvalue weighted by molar-refractivity contribution is 6.33. The van der Waals surface area contributed by atoms with Crippen molar-refractivity contribution in [1.82, 2.24) is 20.1 Å². The summed E-state index contributed by atoms with van der Waals surface area (Å²) in [4.78, 5) is 15.4. The molecule has 6 nitrogen and oxygen atoms in total. The lowest BCUT2D eigenvalue weighted by Crippen LogP contribution is -2.18. The first-order chi connectivity index (χ1) is 8.67. The van der Waals surface area contributed by atoms with E-state index in [-0.39, 0.29) is 16.6 Å². The predicted octanol–water partition coefficient (Wildman–Crippen LogP) is 1.15. The van der Waals surface area contributed by atoms with Gasteiger partial charge in [-0.1, -0.05) is 11.6 Å². The van der Waals surface area contributed by atoms with Crippen LogP contribution in [-0.4, -0.2) is 27.7 Å². The molecule has 0 atom stereocenters. The molecule has 0 aliphatic heterocycles. The lowest BCUT2D eigenvalue weighted by Gasteiger charge is -2.03. The van der Waals surface area contributed by atoms with Crippen molar-refractivity contribution in [3.63, 3.8) is 0 Å². The molecule has 0 aliphatic rings. The number of carbonyl (C=O) groups is 1. The molecule has 18 heavy (non-hydrogen) atoms. The van der Waals surface area contributed by atoms with Crippen LogP contribution in [0.15, 0.2) is 24.5 Å². The Morgan fingerprint density at radius 2 is 2.33 bits per heavy atom. The van der Waals surface area contributed by atoms with Gasteiger partial charge in [0.15, 0.2) is 11.5 Å². The number of nitrogens with one attached hydrogen (secondary N) is 1. The molecule has 2 rings (SSSR count). The zero-order chi connectivity index (χ0) is 13.1. The van der Waals surface area contributed by atoms with Crippen LogP contribution < -0.4 is 5.32 Å². The maximum absolute atomic E-state index is 11.4. The summed E-state index contributed by atoms with van der Waals surface area (Å²) >= 11 is 6.02. The molecular formula is C11H8ClN5O. The molecule has 1 amide bonds. The van der Waals surface area contributed by atoms with Crippen LogP contribution in [0, 0.1) is 11.3 Å². The summed E-state index contributed by atoms with van der Waals surface area (Å²) < 4.78 is 1.35. The van der Waals surface area contributed by atoms with Crippen molar-refractivity contribution in [2.45, 2.75) is 0 Å². The van der Waals surface area contributed by atoms with E-state index in [1.165, 1.54) is 30.1 Å². The van der Waals surface area contributed by atoms with Gasteiger partial charge < -0.3 is 5.32 Å². The highest BCUT2D eigenvalue weighted by atomic mass is 35.5. The summed E-state index contributed by atoms with van der Waals surface area (Å²) in [6.45, 7) is 0. The van der Waals surface area contributed by atoms with Crippen molar-refractivity contribution in [3.8, 4) is 11.9 Å². The third kappa shape index (κ3) is 2.04. The van der Waals surface area contributed by atoms with Crippen molar-refractivity contribution < 1.29 is 4.79 Å². The minimum atomic E-state index is -0.304. The minimum Gasteiger partial charge on any atom is -0.354 e. The van der Waals surface area contributed by atoms with Crippen LogP contribution in [0.25, 0.3) is 5.82 Å². The average Bonchev–Trinajstić information content (AvgIpc) is 2.87. The molecular weight excluding hydrogens is 254 g/mol. The summed E-state index contributed by atoms with van der Waals surface area (Å²) in [5.74, 6) is 0.00665. The molecule has 90 valence electrons. The van der Waals surface area contributed by atoms with Crippen molar-refractivity contribution in [3.05, 3.63) is 40.8 Å². The van der Waals surface area contributed by atoms with E-state index in [1.54, 1.807) is 6.20 Å². The number of carbonyl (C=O) groups excluding carboxylic acids is 1. The van der Waals surface area contributed by atoms with Gasteiger partial charge in [-0.2, -0.15) is 10.4 Å². The van der Waals surface area contributed by atoms with E-state index in [1.807, 2.05) is 6.07 Å². The smallest absolute Gasteiger partial charge is 0.271 e. The zero-order valence-electron chi connectivity index (χ0n) is 9.38. The fourth-order valence-electron chi connectivity index (χ4n) is 1.37. The van der Waals surface area contributed by atoms with Gasteiger partial charge in [0.2, 0.25) is 0 Å². The largest absolute Gasteiger partial charge is 0.354 e. The van der Waals surface area contributed by atoms with E-state index in [2.05, 4.69) is 15.4 Å². The van der Waals surface area contributed by atoms with E-state index in [0.717, 1.165) is 0 Å². The first-order valence-electron chi connectivity index (χ1n) is 5.00. The summed E-state index contributed by atoms with van der Waals surface area (Å²) in [5, 5.41) is 15.6. The van der Waals surface area contributed by atoms with Crippen molar-refractivity contribution in [2.75, 3.05) is 7.05 Å². The molecule has 0 saturated heterocycles. The number of amides is 1. The van der Waals surface area contributed by atoms with Gasteiger partial charge >= 0.3 is 0 Å². The van der Waals surface area contributed by atoms with Gasteiger partial charge in [0.25, 0.3) is 5.91 Å². The van der Waals surface area contributed by atoms with Crippen LogP contribution in [0.3, 0.4) is 0 Å². The second kappa shape index (κ2) is 4.85. The van der Waals surface area contributed by atoms with Gasteiger partial charge in [-0.25, -0.2) is 9.67 Å². The second-order valence-electron chi connectivity index (χ2n) is 3.33. The number of nitrogens with zero attached hydrogens (tertiary/aromatic N) is 4. The lowest BCUT2D eigenvalue weighted by molar-refractivity contribution is 0.0957. The second-order valence-corrected chi connectivity index (χ2v) is 3.71. The minimum absolute atomic E-state index is 0.201. The van der Waals surface area contributed by atoms with Crippen LogP contribution in [0.5, 0.6) is 0 Å². The van der Waals surface area contributed by atoms with Crippen LogP contribution >= 0.6 is 11.6 Å². The van der Waals surface area contributed by atoms with Crippen molar-refractivity contribution in [1.29, 1.82) is 5.26 Å². The molecule has 0 aliphatic carbocycles. The number of hydrogen-bond acceptors (Lipinski definition) is 4. The lowest BCUT2D eigenvalue weighted by atomic mass is 10.3. The van der Waals surface area contributed by atoms with Crippen molar-refractivity contribution >= 4 is 17.5 Å². The van der Waals surface area contributed by atoms with E-state index >= 15 is 0 Å². The average molecular weight is 262 g/mol. The molecule has 7 heteroatoms. The maximum atomic E-state index is 11.4. The Morgan fingerprint density at radius 3 is 3.00 bits per heavy atom. The molecule has 2 heterocycles. The SMILES string of the molecule is CNC(=O)c1ccn(-c2nccc(C#N)c2Cl)n1. The van der Waals surface area contributed by atoms with E-state index < -0.39 is 0 Å². The molecule has 0 radical (unpaired) electrons. The molecule has 0 unspecified atom stereocenters. The van der Waals surface area contributed by atoms with Gasteiger partial charge in [-0.3, -0.25) is 4.79 Å². The number of halogens is 1. The Labute approximate surface area is 108 Å². The fourth-order valence-corrected chi connectivity index (χ4v) is 1.61. The third-order valence-corrected chi connectivity index (χ3v) is 2.63. The Balaban J connectivity index is 2.47. The van der Waals surface area contributed by atoms with E-state index in [4.69, 9.17) is 16.9 Å². The number of aromatic nitrogens is 3. The highest BCUT2D eigenvalue weighted by Crippen LogP contribution is 2.21. The maximum Gasteiger partial charge on any atom is 0.271 e. The Hall–Kier alpha value is -2.39. The van der Waals surface area contributed by atoms with E-state index in [0.29, 0.717) is 11.4 Å². The summed E-state index contributed by atoms with van der Waals surface area (Å²) in [7, 11) is 1.52. The standard InChI is InChI=1S/C11H8ClN5O/c1-14-11(18)8-3-5-17(16-8)10-9(12)7(6-13)2-4-15-10/h2-5H,1H3,(H,14,18). The number of rotatable bonds is 2. The zero-order valence-corrected chi connectivity index (χ0v) is 10.1. The van der Waals surface area contributed by atoms with E-state index in [9.17, 15) is 4.79 Å². The molecule has 0 spiro atoms. The van der Waals surface area contributed by atoms with Gasteiger partial charge in [-0.05, 0) is 12.1 Å². The molecule has 0 bridgehead atoms. The Bertz CT molecular complexity index is 643. The van der Waals surface area contributed by atoms with Gasteiger partial charge in [0.1, 0.15) is 11.1 Å². The molecule has 1 N–H and O–H groups in total. The molecule has 2 aromatic rings. The molecule has 0 saturated carbocycles. The molecule has 0 fully saturated rings. The van der Waals surface area contributed by atoms with Gasteiger partial charge in [-0.15, -0.1) is 0 Å². The topological polar surface area (TPSA) is 83.6 Å². The van der Waals surface area contributed by atoms with Crippen molar-refractivity contribution in [2.24, 2.45) is 0 Å². The third-order valence-electron chi connectivity index (χ3n) is 2.26. The highest BCUT2D eigenvalue weighted by Gasteiger charge is 2.13. The summed E-state index contributed by atoms with van der Waals surface area (Å²) in [5.41, 5.74) is 0.552. The number of nitriles is 1. The predicted molar refractivity (Wildman–Crippen MR) is 64.5 cm³/mol. The first-order valence-corrected chi connectivity index (χ1v) is 5.38. The van der Waals surface area contributed by atoms with Crippen LogP contribution in [0.4, 0.5) is 0 Å². The summed E-state index contributed by atoms with van der Waals surface area (Å²) in [6.07, 6.45) is 3.01. The van der Waals surface area contributed by atoms with Crippen LogP contribution in [-0.2, 0) is 0 Å². The molecule has 0 aromatic carbocycles. The van der Waals surface area contributed by atoms with Gasteiger partial charge in [0.05, 0.1) is 5.56 Å². The van der Waals surface area contributed by atoms with Gasteiger partial charge in [0, 0.05) is 19.4 Å².